The van der Waals surface area contributed by atoms with Crippen LogP contribution in [0, 0.1) is 0 Å². The molecule has 0 radical (unpaired) electrons. The zero-order valence-corrected chi connectivity index (χ0v) is 13.6. The first-order chi connectivity index (χ1) is 10.9. The van der Waals surface area contributed by atoms with Crippen molar-refractivity contribution in [3.8, 4) is 11.5 Å². The second-order valence-electron chi connectivity index (χ2n) is 6.68. The van der Waals surface area contributed by atoms with Gasteiger partial charge in [-0.1, -0.05) is 45.0 Å². The Bertz CT molecular complexity index is 701. The molecule has 2 aromatic carbocycles. The molecule has 1 aliphatic heterocycles. The molecule has 1 heterocycles. The van der Waals surface area contributed by atoms with Gasteiger partial charge in [-0.2, -0.15) is 0 Å². The lowest BCUT2D eigenvalue weighted by molar-refractivity contribution is -0.125. The summed E-state index contributed by atoms with van der Waals surface area (Å²) in [4.78, 5) is 12.3. The number of ether oxygens (including phenoxy) is 2. The van der Waals surface area contributed by atoms with E-state index in [0.29, 0.717) is 11.5 Å². The molecule has 120 valence electrons. The van der Waals surface area contributed by atoms with Crippen molar-refractivity contribution in [1.82, 2.24) is 0 Å². The molecule has 0 bridgehead atoms. The Morgan fingerprint density at radius 1 is 1.04 bits per heavy atom. The fraction of sp³-hybridized carbons (Fsp3) is 0.316. The Morgan fingerprint density at radius 2 is 1.70 bits per heavy atom. The number of anilines is 1. The van der Waals surface area contributed by atoms with Gasteiger partial charge in [-0.3, -0.25) is 4.79 Å². The first kappa shape index (κ1) is 15.4. The number of amides is 1. The molecular formula is C19H21NO3. The molecule has 1 aliphatic rings. The van der Waals surface area contributed by atoms with Gasteiger partial charge in [-0.25, -0.2) is 0 Å². The van der Waals surface area contributed by atoms with Crippen molar-refractivity contribution < 1.29 is 14.3 Å². The van der Waals surface area contributed by atoms with Crippen LogP contribution >= 0.6 is 0 Å². The maximum Gasteiger partial charge on any atom is 0.269 e. The molecule has 23 heavy (non-hydrogen) atoms. The standard InChI is InChI=1S/C19H21NO3/c1-19(2,3)13-8-10-14(11-9-13)20-18(21)17-12-22-15-6-4-5-7-16(15)23-17/h4-11,17H,12H2,1-3H3,(H,20,21). The molecule has 4 heteroatoms. The molecule has 1 unspecified atom stereocenters. The van der Waals surface area contributed by atoms with Gasteiger partial charge < -0.3 is 14.8 Å². The van der Waals surface area contributed by atoms with Crippen molar-refractivity contribution in [2.45, 2.75) is 32.3 Å². The van der Waals surface area contributed by atoms with E-state index >= 15 is 0 Å². The molecule has 0 saturated heterocycles. The Kier molecular flexibility index (Phi) is 3.99. The molecule has 1 atom stereocenters. The maximum atomic E-state index is 12.3. The monoisotopic (exact) mass is 311 g/mol. The number of hydrogen-bond acceptors (Lipinski definition) is 3. The number of rotatable bonds is 2. The summed E-state index contributed by atoms with van der Waals surface area (Å²) in [6.07, 6.45) is -0.646. The largest absolute Gasteiger partial charge is 0.485 e. The number of benzene rings is 2. The minimum Gasteiger partial charge on any atom is -0.485 e. The first-order valence-electron chi connectivity index (χ1n) is 7.73. The van der Waals surface area contributed by atoms with Crippen LogP contribution in [0.15, 0.2) is 48.5 Å². The number of nitrogens with one attached hydrogen (secondary N) is 1. The van der Waals surface area contributed by atoms with Crippen molar-refractivity contribution >= 4 is 11.6 Å². The second kappa shape index (κ2) is 5.95. The number of hydrogen-bond donors (Lipinski definition) is 1. The minimum atomic E-state index is -0.646. The normalized spacial score (nSPS) is 16.7. The molecule has 3 rings (SSSR count). The highest BCUT2D eigenvalue weighted by molar-refractivity contribution is 5.94. The van der Waals surface area contributed by atoms with Crippen molar-refractivity contribution in [2.24, 2.45) is 0 Å². The Morgan fingerprint density at radius 3 is 2.35 bits per heavy atom. The third kappa shape index (κ3) is 3.47. The van der Waals surface area contributed by atoms with Gasteiger partial charge in [0.1, 0.15) is 6.61 Å². The van der Waals surface area contributed by atoms with Gasteiger partial charge in [0, 0.05) is 5.69 Å². The highest BCUT2D eigenvalue weighted by atomic mass is 16.6. The molecule has 1 N–H and O–H groups in total. The predicted octanol–water partition coefficient (Wildman–Crippen LogP) is 3.76. The van der Waals surface area contributed by atoms with E-state index in [1.54, 1.807) is 6.07 Å². The number of carbonyl (C=O) groups is 1. The summed E-state index contributed by atoms with van der Waals surface area (Å²) in [5.41, 5.74) is 2.07. The van der Waals surface area contributed by atoms with Crippen LogP contribution in [0.5, 0.6) is 11.5 Å². The number of para-hydroxylation sites is 2. The van der Waals surface area contributed by atoms with Gasteiger partial charge in [0.15, 0.2) is 11.5 Å². The third-order valence-electron chi connectivity index (χ3n) is 3.82. The Hall–Kier alpha value is -2.49. The molecule has 4 nitrogen and oxygen atoms in total. The molecule has 0 saturated carbocycles. The SMILES string of the molecule is CC(C)(C)c1ccc(NC(=O)C2COc3ccccc3O2)cc1. The summed E-state index contributed by atoms with van der Waals surface area (Å²) >= 11 is 0. The third-order valence-corrected chi connectivity index (χ3v) is 3.82. The summed E-state index contributed by atoms with van der Waals surface area (Å²) in [5.74, 6) is 1.07. The highest BCUT2D eigenvalue weighted by Crippen LogP contribution is 2.31. The van der Waals surface area contributed by atoms with E-state index in [9.17, 15) is 4.79 Å². The Labute approximate surface area is 136 Å². The quantitative estimate of drug-likeness (QED) is 0.918. The summed E-state index contributed by atoms with van der Waals surface area (Å²) < 4.78 is 11.3. The molecule has 2 aromatic rings. The van der Waals surface area contributed by atoms with Crippen LogP contribution in [-0.4, -0.2) is 18.6 Å². The second-order valence-corrected chi connectivity index (χ2v) is 6.68. The van der Waals surface area contributed by atoms with Crippen LogP contribution in [0.2, 0.25) is 0 Å². The molecule has 1 amide bonds. The fourth-order valence-corrected chi connectivity index (χ4v) is 2.43. The van der Waals surface area contributed by atoms with E-state index in [1.165, 1.54) is 5.56 Å². The zero-order valence-electron chi connectivity index (χ0n) is 13.6. The summed E-state index contributed by atoms with van der Waals surface area (Å²) in [6, 6.07) is 15.2. The smallest absolute Gasteiger partial charge is 0.269 e. The lowest BCUT2D eigenvalue weighted by atomic mass is 9.87. The van der Waals surface area contributed by atoms with E-state index in [0.717, 1.165) is 5.69 Å². The van der Waals surface area contributed by atoms with Gasteiger partial charge in [0.2, 0.25) is 6.10 Å². The predicted molar refractivity (Wildman–Crippen MR) is 90.1 cm³/mol. The van der Waals surface area contributed by atoms with E-state index < -0.39 is 6.10 Å². The van der Waals surface area contributed by atoms with E-state index in [1.807, 2.05) is 42.5 Å². The summed E-state index contributed by atoms with van der Waals surface area (Å²) in [5, 5.41) is 2.88. The average Bonchev–Trinajstić information content (AvgIpc) is 2.54. The lowest BCUT2D eigenvalue weighted by Gasteiger charge is -2.25. The molecule has 0 aliphatic carbocycles. The van der Waals surface area contributed by atoms with Gasteiger partial charge in [-0.15, -0.1) is 0 Å². The van der Waals surface area contributed by atoms with Crippen LogP contribution in [0.1, 0.15) is 26.3 Å². The van der Waals surface area contributed by atoms with Gasteiger partial charge >= 0.3 is 0 Å². The van der Waals surface area contributed by atoms with E-state index in [2.05, 4.69) is 26.1 Å². The van der Waals surface area contributed by atoms with Crippen LogP contribution in [0.25, 0.3) is 0 Å². The molecule has 0 aromatic heterocycles. The number of fused-ring (bicyclic) bond motifs is 1. The topological polar surface area (TPSA) is 47.6 Å². The van der Waals surface area contributed by atoms with Crippen LogP contribution in [0.4, 0.5) is 5.69 Å². The zero-order chi connectivity index (χ0) is 16.4. The van der Waals surface area contributed by atoms with Crippen molar-refractivity contribution in [2.75, 3.05) is 11.9 Å². The minimum absolute atomic E-state index is 0.0899. The molecular weight excluding hydrogens is 290 g/mol. The van der Waals surface area contributed by atoms with Gasteiger partial charge in [-0.05, 0) is 35.2 Å². The Balaban J connectivity index is 1.66. The van der Waals surface area contributed by atoms with Gasteiger partial charge in [0.05, 0.1) is 0 Å². The highest BCUT2D eigenvalue weighted by Gasteiger charge is 2.27. The molecule has 0 fully saturated rings. The number of carbonyl (C=O) groups excluding carboxylic acids is 1. The van der Waals surface area contributed by atoms with Crippen LogP contribution < -0.4 is 14.8 Å². The van der Waals surface area contributed by atoms with Gasteiger partial charge in [0.25, 0.3) is 5.91 Å². The van der Waals surface area contributed by atoms with E-state index in [4.69, 9.17) is 9.47 Å². The summed E-state index contributed by atoms with van der Waals surface area (Å²) in [7, 11) is 0. The average molecular weight is 311 g/mol. The maximum absolute atomic E-state index is 12.3. The first-order valence-corrected chi connectivity index (χ1v) is 7.73. The fourth-order valence-electron chi connectivity index (χ4n) is 2.43. The van der Waals surface area contributed by atoms with Crippen molar-refractivity contribution in [3.63, 3.8) is 0 Å². The molecule has 0 spiro atoms. The van der Waals surface area contributed by atoms with Crippen molar-refractivity contribution in [1.29, 1.82) is 0 Å². The van der Waals surface area contributed by atoms with Crippen LogP contribution in [-0.2, 0) is 10.2 Å². The summed E-state index contributed by atoms with van der Waals surface area (Å²) in [6.45, 7) is 6.69. The lowest BCUT2D eigenvalue weighted by Crippen LogP contribution is -2.40. The van der Waals surface area contributed by atoms with Crippen molar-refractivity contribution in [3.05, 3.63) is 54.1 Å². The van der Waals surface area contributed by atoms with Crippen LogP contribution in [0.3, 0.4) is 0 Å². The van der Waals surface area contributed by atoms with E-state index in [-0.39, 0.29) is 17.9 Å².